The first-order valence-corrected chi connectivity index (χ1v) is 9.47. The van der Waals surface area contributed by atoms with E-state index in [-0.39, 0.29) is 5.91 Å². The lowest BCUT2D eigenvalue weighted by Crippen LogP contribution is -2.39. The molecular formula is C18H27NO3S. The second kappa shape index (κ2) is 9.71. The Kier molecular flexibility index (Phi) is 7.59. The molecule has 5 heteroatoms. The maximum atomic E-state index is 12.3. The highest BCUT2D eigenvalue weighted by molar-refractivity contribution is 7.99. The molecule has 1 aromatic carbocycles. The van der Waals surface area contributed by atoms with Gasteiger partial charge in [0.25, 0.3) is 5.91 Å². The number of nitrogens with one attached hydrogen (secondary N) is 1. The normalized spacial score (nSPS) is 16.1. The first kappa shape index (κ1) is 18.0. The molecule has 0 spiro atoms. The van der Waals surface area contributed by atoms with Crippen LogP contribution in [0.25, 0.3) is 0 Å². The number of methoxy groups -OCH3 is 1. The summed E-state index contributed by atoms with van der Waals surface area (Å²) in [5.41, 5.74) is 0. The molecular weight excluding hydrogens is 310 g/mol. The lowest BCUT2D eigenvalue weighted by molar-refractivity contribution is -0.127. The summed E-state index contributed by atoms with van der Waals surface area (Å²) in [5, 5.41) is 3.78. The van der Waals surface area contributed by atoms with Crippen molar-refractivity contribution < 1.29 is 14.3 Å². The second-order valence-corrected chi connectivity index (χ2v) is 7.17. The van der Waals surface area contributed by atoms with Crippen molar-refractivity contribution in [2.75, 3.05) is 19.4 Å². The summed E-state index contributed by atoms with van der Waals surface area (Å²) in [4.78, 5) is 12.3. The predicted molar refractivity (Wildman–Crippen MR) is 95.4 cm³/mol. The number of ether oxygens (including phenoxy) is 2. The van der Waals surface area contributed by atoms with Gasteiger partial charge in [-0.25, -0.2) is 0 Å². The Morgan fingerprint density at radius 3 is 2.78 bits per heavy atom. The zero-order chi connectivity index (χ0) is 16.5. The zero-order valence-corrected chi connectivity index (χ0v) is 14.9. The SMILES string of the molecule is CC[C@@H](Oc1cccc(OC)c1)C(=O)NCCSC1CCCC1. The van der Waals surface area contributed by atoms with E-state index in [0.717, 1.165) is 16.8 Å². The summed E-state index contributed by atoms with van der Waals surface area (Å²) < 4.78 is 11.0. The van der Waals surface area contributed by atoms with Crippen LogP contribution in [0, 0.1) is 0 Å². The fourth-order valence-electron chi connectivity index (χ4n) is 2.73. The zero-order valence-electron chi connectivity index (χ0n) is 14.0. The highest BCUT2D eigenvalue weighted by Crippen LogP contribution is 2.28. The van der Waals surface area contributed by atoms with Crippen LogP contribution in [0.1, 0.15) is 39.0 Å². The molecule has 0 aliphatic heterocycles. The van der Waals surface area contributed by atoms with Gasteiger partial charge in [0.2, 0.25) is 0 Å². The van der Waals surface area contributed by atoms with Gasteiger partial charge in [0.05, 0.1) is 7.11 Å². The van der Waals surface area contributed by atoms with E-state index < -0.39 is 6.10 Å². The highest BCUT2D eigenvalue weighted by Gasteiger charge is 2.19. The van der Waals surface area contributed by atoms with Crippen LogP contribution in [0.2, 0.25) is 0 Å². The van der Waals surface area contributed by atoms with Gasteiger partial charge in [-0.1, -0.05) is 25.8 Å². The molecule has 0 radical (unpaired) electrons. The van der Waals surface area contributed by atoms with E-state index in [9.17, 15) is 4.79 Å². The van der Waals surface area contributed by atoms with Crippen LogP contribution in [-0.4, -0.2) is 36.7 Å². The Labute approximate surface area is 143 Å². The molecule has 128 valence electrons. The Balaban J connectivity index is 1.73. The second-order valence-electron chi connectivity index (χ2n) is 5.76. The highest BCUT2D eigenvalue weighted by atomic mass is 32.2. The third kappa shape index (κ3) is 5.98. The van der Waals surface area contributed by atoms with Crippen LogP contribution in [0.4, 0.5) is 0 Å². The van der Waals surface area contributed by atoms with Crippen molar-refractivity contribution in [2.45, 2.75) is 50.4 Å². The lowest BCUT2D eigenvalue weighted by atomic mass is 10.2. The molecule has 1 N–H and O–H groups in total. The van der Waals surface area contributed by atoms with E-state index in [4.69, 9.17) is 9.47 Å². The van der Waals surface area contributed by atoms with Gasteiger partial charge in [-0.05, 0) is 31.4 Å². The van der Waals surface area contributed by atoms with E-state index in [1.54, 1.807) is 13.2 Å². The van der Waals surface area contributed by atoms with E-state index in [0.29, 0.717) is 18.7 Å². The molecule has 0 aromatic heterocycles. The van der Waals surface area contributed by atoms with E-state index in [2.05, 4.69) is 5.32 Å². The largest absolute Gasteiger partial charge is 0.497 e. The van der Waals surface area contributed by atoms with Gasteiger partial charge < -0.3 is 14.8 Å². The van der Waals surface area contributed by atoms with Gasteiger partial charge in [0.15, 0.2) is 6.10 Å². The average molecular weight is 337 g/mol. The van der Waals surface area contributed by atoms with Gasteiger partial charge in [-0.15, -0.1) is 0 Å². The number of carbonyl (C=O) groups excluding carboxylic acids is 1. The third-order valence-corrected chi connectivity index (χ3v) is 5.42. The minimum absolute atomic E-state index is 0.0395. The molecule has 0 saturated heterocycles. The van der Waals surface area contributed by atoms with Crippen molar-refractivity contribution >= 4 is 17.7 Å². The number of hydrogen-bond acceptors (Lipinski definition) is 4. The number of hydrogen-bond donors (Lipinski definition) is 1. The smallest absolute Gasteiger partial charge is 0.261 e. The molecule has 0 heterocycles. The fourth-order valence-corrected chi connectivity index (χ4v) is 3.95. The van der Waals surface area contributed by atoms with Crippen molar-refractivity contribution in [3.05, 3.63) is 24.3 Å². The molecule has 1 atom stereocenters. The van der Waals surface area contributed by atoms with Crippen molar-refractivity contribution in [1.82, 2.24) is 5.32 Å². The first-order valence-electron chi connectivity index (χ1n) is 8.43. The van der Waals surface area contributed by atoms with Crippen molar-refractivity contribution in [3.63, 3.8) is 0 Å². The van der Waals surface area contributed by atoms with Crippen LogP contribution in [0.5, 0.6) is 11.5 Å². The lowest BCUT2D eigenvalue weighted by Gasteiger charge is -2.18. The summed E-state index contributed by atoms with van der Waals surface area (Å²) in [6.07, 6.45) is 5.55. The monoisotopic (exact) mass is 337 g/mol. The topological polar surface area (TPSA) is 47.6 Å². The Morgan fingerprint density at radius 1 is 1.35 bits per heavy atom. The summed E-state index contributed by atoms with van der Waals surface area (Å²) in [6, 6.07) is 7.35. The van der Waals surface area contributed by atoms with Gasteiger partial charge in [0, 0.05) is 23.6 Å². The van der Waals surface area contributed by atoms with Crippen molar-refractivity contribution in [1.29, 1.82) is 0 Å². The first-order chi connectivity index (χ1) is 11.2. The minimum atomic E-state index is -0.460. The Hall–Kier alpha value is -1.36. The molecule has 1 saturated carbocycles. The van der Waals surface area contributed by atoms with Crippen LogP contribution in [-0.2, 0) is 4.79 Å². The number of thioether (sulfide) groups is 1. The maximum Gasteiger partial charge on any atom is 0.261 e. The van der Waals surface area contributed by atoms with E-state index in [1.807, 2.05) is 36.9 Å². The minimum Gasteiger partial charge on any atom is -0.497 e. The van der Waals surface area contributed by atoms with Crippen LogP contribution in [0.15, 0.2) is 24.3 Å². The fraction of sp³-hybridized carbons (Fsp3) is 0.611. The Bertz CT molecular complexity index is 489. The quantitative estimate of drug-likeness (QED) is 0.699. The number of benzene rings is 1. The number of carbonyl (C=O) groups is 1. The summed E-state index contributed by atoms with van der Waals surface area (Å²) in [6.45, 7) is 2.66. The third-order valence-electron chi connectivity index (χ3n) is 4.04. The van der Waals surface area contributed by atoms with Crippen LogP contribution >= 0.6 is 11.8 Å². The van der Waals surface area contributed by atoms with Crippen LogP contribution in [0.3, 0.4) is 0 Å². The van der Waals surface area contributed by atoms with Gasteiger partial charge in [0.1, 0.15) is 11.5 Å². The molecule has 0 unspecified atom stereocenters. The standard InChI is InChI=1S/C18H27NO3S/c1-3-17(22-15-8-6-7-14(13-15)21-2)18(20)19-11-12-23-16-9-4-5-10-16/h6-8,13,16-17H,3-5,9-12H2,1-2H3,(H,19,20)/t17-/m1/s1. The average Bonchev–Trinajstić information content (AvgIpc) is 3.10. The molecule has 23 heavy (non-hydrogen) atoms. The summed E-state index contributed by atoms with van der Waals surface area (Å²) in [5.74, 6) is 2.33. The van der Waals surface area contributed by atoms with Gasteiger partial charge >= 0.3 is 0 Å². The summed E-state index contributed by atoms with van der Waals surface area (Å²) >= 11 is 1.98. The van der Waals surface area contributed by atoms with Gasteiger partial charge in [-0.3, -0.25) is 4.79 Å². The predicted octanol–water partition coefficient (Wildman–Crippen LogP) is 3.64. The Morgan fingerprint density at radius 2 is 2.09 bits per heavy atom. The molecule has 1 fully saturated rings. The summed E-state index contributed by atoms with van der Waals surface area (Å²) in [7, 11) is 1.62. The van der Waals surface area contributed by atoms with Crippen molar-refractivity contribution in [2.24, 2.45) is 0 Å². The van der Waals surface area contributed by atoms with E-state index in [1.165, 1.54) is 25.7 Å². The maximum absolute atomic E-state index is 12.3. The molecule has 1 aromatic rings. The van der Waals surface area contributed by atoms with Crippen LogP contribution < -0.4 is 14.8 Å². The van der Waals surface area contributed by atoms with Gasteiger partial charge in [-0.2, -0.15) is 11.8 Å². The van der Waals surface area contributed by atoms with Crippen molar-refractivity contribution in [3.8, 4) is 11.5 Å². The molecule has 0 bridgehead atoms. The molecule has 1 aliphatic rings. The molecule has 1 amide bonds. The molecule has 1 aliphatic carbocycles. The number of rotatable bonds is 9. The van der Waals surface area contributed by atoms with E-state index >= 15 is 0 Å². The molecule has 2 rings (SSSR count). The molecule has 4 nitrogen and oxygen atoms in total. The number of amides is 1.